The van der Waals surface area contributed by atoms with Crippen LogP contribution in [-0.4, -0.2) is 17.9 Å². The molecule has 0 amide bonds. The molecule has 114 valence electrons. The van der Waals surface area contributed by atoms with Gasteiger partial charge in [-0.3, -0.25) is 4.79 Å². The lowest BCUT2D eigenvalue weighted by molar-refractivity contribution is -0.122. The van der Waals surface area contributed by atoms with Gasteiger partial charge in [-0.05, 0) is 40.2 Å². The summed E-state index contributed by atoms with van der Waals surface area (Å²) in [5.74, 6) is 0.642. The van der Waals surface area contributed by atoms with Gasteiger partial charge < -0.3 is 5.32 Å². The molecular weight excluding hydrogens is 234 g/mol. The van der Waals surface area contributed by atoms with Crippen molar-refractivity contribution in [2.75, 3.05) is 6.54 Å². The van der Waals surface area contributed by atoms with Crippen LogP contribution in [0.4, 0.5) is 0 Å². The highest BCUT2D eigenvalue weighted by Gasteiger charge is 2.07. The smallest absolute Gasteiger partial charge is 0.135 e. The summed E-state index contributed by atoms with van der Waals surface area (Å²) in [5, 5.41) is 3.52. The molecule has 19 heavy (non-hydrogen) atoms. The molecule has 1 N–H and O–H groups in total. The molecule has 0 rings (SSSR count). The predicted molar refractivity (Wildman–Crippen MR) is 84.5 cm³/mol. The lowest BCUT2D eigenvalue weighted by atomic mass is 10.0. The lowest BCUT2D eigenvalue weighted by Gasteiger charge is -2.20. The van der Waals surface area contributed by atoms with E-state index in [1.165, 1.54) is 38.5 Å². The summed E-state index contributed by atoms with van der Waals surface area (Å²) in [7, 11) is 0. The quantitative estimate of drug-likeness (QED) is 0.550. The van der Waals surface area contributed by atoms with Crippen LogP contribution in [-0.2, 0) is 4.79 Å². The maximum absolute atomic E-state index is 11.4. The molecule has 0 aliphatic rings. The SMILES string of the molecule is CC(C)C(=O)CCCCCCCCCNC(C)(C)C. The summed E-state index contributed by atoms with van der Waals surface area (Å²) >= 11 is 0. The first kappa shape index (κ1) is 18.6. The first-order valence-corrected chi connectivity index (χ1v) is 8.10. The average Bonchev–Trinajstić information content (AvgIpc) is 2.29. The van der Waals surface area contributed by atoms with E-state index in [0.29, 0.717) is 5.78 Å². The van der Waals surface area contributed by atoms with Gasteiger partial charge >= 0.3 is 0 Å². The van der Waals surface area contributed by atoms with Crippen molar-refractivity contribution < 1.29 is 4.79 Å². The second kappa shape index (κ2) is 10.4. The fourth-order valence-electron chi connectivity index (χ4n) is 2.06. The van der Waals surface area contributed by atoms with E-state index in [4.69, 9.17) is 0 Å². The van der Waals surface area contributed by atoms with Gasteiger partial charge in [0, 0.05) is 17.9 Å². The Morgan fingerprint density at radius 3 is 1.84 bits per heavy atom. The minimum Gasteiger partial charge on any atom is -0.312 e. The Hall–Kier alpha value is -0.370. The van der Waals surface area contributed by atoms with Crippen LogP contribution in [0.1, 0.15) is 86.0 Å². The number of nitrogens with one attached hydrogen (secondary N) is 1. The number of unbranched alkanes of at least 4 members (excludes halogenated alkanes) is 6. The molecule has 2 nitrogen and oxygen atoms in total. The van der Waals surface area contributed by atoms with Gasteiger partial charge in [0.2, 0.25) is 0 Å². The van der Waals surface area contributed by atoms with Crippen LogP contribution in [0.2, 0.25) is 0 Å². The zero-order chi connectivity index (χ0) is 14.7. The maximum Gasteiger partial charge on any atom is 0.135 e. The third kappa shape index (κ3) is 13.9. The molecule has 0 aromatic heterocycles. The van der Waals surface area contributed by atoms with E-state index in [1.54, 1.807) is 0 Å². The molecular formula is C17H35NO. The molecule has 0 bridgehead atoms. The van der Waals surface area contributed by atoms with Crippen molar-refractivity contribution in [1.29, 1.82) is 0 Å². The van der Waals surface area contributed by atoms with Gasteiger partial charge in [0.15, 0.2) is 0 Å². The Balaban J connectivity index is 3.18. The Morgan fingerprint density at radius 2 is 1.37 bits per heavy atom. The Bertz CT molecular complexity index is 228. The van der Waals surface area contributed by atoms with Gasteiger partial charge in [-0.15, -0.1) is 0 Å². The predicted octanol–water partition coefficient (Wildman–Crippen LogP) is 4.72. The molecule has 0 radical (unpaired) electrons. The molecule has 0 atom stereocenters. The van der Waals surface area contributed by atoms with Crippen LogP contribution >= 0.6 is 0 Å². The number of carbonyl (C=O) groups is 1. The van der Waals surface area contributed by atoms with Crippen LogP contribution in [0.15, 0.2) is 0 Å². The summed E-state index contributed by atoms with van der Waals surface area (Å²) in [6.07, 6.45) is 9.65. The molecule has 0 saturated heterocycles. The van der Waals surface area contributed by atoms with Crippen molar-refractivity contribution in [1.82, 2.24) is 5.32 Å². The fraction of sp³-hybridized carbons (Fsp3) is 0.941. The van der Waals surface area contributed by atoms with E-state index < -0.39 is 0 Å². The van der Waals surface area contributed by atoms with Crippen molar-refractivity contribution in [2.24, 2.45) is 5.92 Å². The van der Waals surface area contributed by atoms with E-state index in [9.17, 15) is 4.79 Å². The fourth-order valence-corrected chi connectivity index (χ4v) is 2.06. The van der Waals surface area contributed by atoms with Gasteiger partial charge in [0.1, 0.15) is 5.78 Å². The highest BCUT2D eigenvalue weighted by molar-refractivity contribution is 5.80. The van der Waals surface area contributed by atoms with E-state index in [0.717, 1.165) is 19.4 Å². The van der Waals surface area contributed by atoms with Crippen LogP contribution in [0, 0.1) is 5.92 Å². The van der Waals surface area contributed by atoms with Crippen LogP contribution in [0.25, 0.3) is 0 Å². The van der Waals surface area contributed by atoms with E-state index in [1.807, 2.05) is 13.8 Å². The van der Waals surface area contributed by atoms with Gasteiger partial charge in [-0.1, -0.05) is 46.0 Å². The van der Waals surface area contributed by atoms with Crippen LogP contribution < -0.4 is 5.32 Å². The molecule has 0 aromatic rings. The van der Waals surface area contributed by atoms with Crippen molar-refractivity contribution in [3.8, 4) is 0 Å². The lowest BCUT2D eigenvalue weighted by Crippen LogP contribution is -2.36. The largest absolute Gasteiger partial charge is 0.312 e. The standard InChI is InChI=1S/C17H35NO/c1-15(2)16(19)13-11-9-7-6-8-10-12-14-18-17(3,4)5/h15,18H,6-14H2,1-5H3. The first-order chi connectivity index (χ1) is 8.83. The highest BCUT2D eigenvalue weighted by Crippen LogP contribution is 2.10. The normalized spacial score (nSPS) is 12.1. The molecule has 0 fully saturated rings. The molecule has 0 saturated carbocycles. The summed E-state index contributed by atoms with van der Waals surface area (Å²) in [6.45, 7) is 11.8. The summed E-state index contributed by atoms with van der Waals surface area (Å²) < 4.78 is 0. The number of rotatable bonds is 11. The monoisotopic (exact) mass is 269 g/mol. The zero-order valence-corrected chi connectivity index (χ0v) is 13.8. The Labute approximate surface area is 120 Å². The first-order valence-electron chi connectivity index (χ1n) is 8.10. The van der Waals surface area contributed by atoms with E-state index in [2.05, 4.69) is 26.1 Å². The van der Waals surface area contributed by atoms with Crippen LogP contribution in [0.5, 0.6) is 0 Å². The zero-order valence-electron chi connectivity index (χ0n) is 13.8. The number of hydrogen-bond donors (Lipinski definition) is 1. The molecule has 0 unspecified atom stereocenters. The van der Waals surface area contributed by atoms with Gasteiger partial charge in [0.05, 0.1) is 0 Å². The summed E-state index contributed by atoms with van der Waals surface area (Å²) in [5.41, 5.74) is 0.253. The second-order valence-electron chi connectivity index (χ2n) is 7.02. The minimum absolute atomic E-state index is 0.218. The van der Waals surface area contributed by atoms with Gasteiger partial charge in [-0.25, -0.2) is 0 Å². The molecule has 0 aliphatic carbocycles. The molecule has 0 spiro atoms. The minimum atomic E-state index is 0.218. The van der Waals surface area contributed by atoms with Crippen molar-refractivity contribution >= 4 is 5.78 Å². The molecule has 2 heteroatoms. The number of ketones is 1. The third-order valence-electron chi connectivity index (χ3n) is 3.40. The van der Waals surface area contributed by atoms with Crippen LogP contribution in [0.3, 0.4) is 0 Å². The van der Waals surface area contributed by atoms with Gasteiger partial charge in [-0.2, -0.15) is 0 Å². The average molecular weight is 269 g/mol. The van der Waals surface area contributed by atoms with Crippen molar-refractivity contribution in [3.05, 3.63) is 0 Å². The molecule has 0 aliphatic heterocycles. The Kier molecular flexibility index (Phi) is 10.2. The van der Waals surface area contributed by atoms with E-state index >= 15 is 0 Å². The van der Waals surface area contributed by atoms with Gasteiger partial charge in [0.25, 0.3) is 0 Å². The summed E-state index contributed by atoms with van der Waals surface area (Å²) in [6, 6.07) is 0. The number of carbonyl (C=O) groups excluding carboxylic acids is 1. The number of hydrogen-bond acceptors (Lipinski definition) is 2. The number of Topliss-reactive ketones (excluding diaryl/α,β-unsaturated/α-hetero) is 1. The van der Waals surface area contributed by atoms with E-state index in [-0.39, 0.29) is 11.5 Å². The van der Waals surface area contributed by atoms with Crippen molar-refractivity contribution in [3.63, 3.8) is 0 Å². The summed E-state index contributed by atoms with van der Waals surface area (Å²) in [4.78, 5) is 11.4. The maximum atomic E-state index is 11.4. The van der Waals surface area contributed by atoms with Crippen molar-refractivity contribution in [2.45, 2.75) is 91.5 Å². The Morgan fingerprint density at radius 1 is 0.895 bits per heavy atom. The third-order valence-corrected chi connectivity index (χ3v) is 3.40. The molecule has 0 heterocycles. The topological polar surface area (TPSA) is 29.1 Å². The molecule has 0 aromatic carbocycles. The second-order valence-corrected chi connectivity index (χ2v) is 7.02. The highest BCUT2D eigenvalue weighted by atomic mass is 16.1.